The van der Waals surface area contributed by atoms with Crippen LogP contribution in [0.4, 0.5) is 0 Å². The predicted octanol–water partition coefficient (Wildman–Crippen LogP) is 1.96. The van der Waals surface area contributed by atoms with Crippen LogP contribution in [0.1, 0.15) is 33.6 Å². The van der Waals surface area contributed by atoms with E-state index in [0.29, 0.717) is 11.3 Å². The lowest BCUT2D eigenvalue weighted by Gasteiger charge is -2.12. The van der Waals surface area contributed by atoms with Crippen LogP contribution in [0, 0.1) is 0 Å². The quantitative estimate of drug-likeness (QED) is 0.551. The van der Waals surface area contributed by atoms with E-state index in [4.69, 9.17) is 10.3 Å². The molecule has 0 amide bonds. The highest BCUT2D eigenvalue weighted by Gasteiger charge is 2.23. The maximum absolute atomic E-state index is 10.8. The molecule has 1 aromatic rings. The molecule has 14 heavy (non-hydrogen) atoms. The molecule has 4 nitrogen and oxygen atoms in total. The number of nitrogens with zero attached hydrogens (tertiary/aromatic N) is 1. The largest absolute Gasteiger partial charge is 0.478 e. The molecule has 1 aliphatic carbocycles. The summed E-state index contributed by atoms with van der Waals surface area (Å²) < 4.78 is 0. The number of fused-ring (bicyclic) bond motifs is 1. The summed E-state index contributed by atoms with van der Waals surface area (Å²) in [6.07, 6.45) is 2.34. The van der Waals surface area contributed by atoms with Gasteiger partial charge in [0.25, 0.3) is 0 Å². The smallest absolute Gasteiger partial charge is 0.336 e. The summed E-state index contributed by atoms with van der Waals surface area (Å²) in [5.41, 5.74) is 1.79. The topological polar surface area (TPSA) is 69.9 Å². The van der Waals surface area contributed by atoms with Gasteiger partial charge in [-0.15, -0.1) is 11.3 Å². The SMILES string of the molecule is O=C(O)c1csc2c1CCCC2=NO. The Morgan fingerprint density at radius 1 is 1.50 bits per heavy atom. The molecule has 0 saturated heterocycles. The molecule has 0 atom stereocenters. The van der Waals surface area contributed by atoms with Gasteiger partial charge in [-0.25, -0.2) is 4.79 Å². The minimum atomic E-state index is -0.901. The number of aromatic carboxylic acids is 1. The lowest BCUT2D eigenvalue weighted by Crippen LogP contribution is -2.11. The molecule has 74 valence electrons. The van der Waals surface area contributed by atoms with E-state index in [2.05, 4.69) is 5.16 Å². The van der Waals surface area contributed by atoms with E-state index in [1.54, 1.807) is 5.38 Å². The van der Waals surface area contributed by atoms with Crippen molar-refractivity contribution in [2.45, 2.75) is 19.3 Å². The van der Waals surface area contributed by atoms with Gasteiger partial charge in [0.05, 0.1) is 16.2 Å². The number of thiophene rings is 1. The highest BCUT2D eigenvalue weighted by Crippen LogP contribution is 2.30. The maximum Gasteiger partial charge on any atom is 0.336 e. The summed E-state index contributed by atoms with van der Waals surface area (Å²) in [6, 6.07) is 0. The predicted molar refractivity (Wildman–Crippen MR) is 52.5 cm³/mol. The van der Waals surface area contributed by atoms with Crippen molar-refractivity contribution >= 4 is 23.0 Å². The highest BCUT2D eigenvalue weighted by molar-refractivity contribution is 7.12. The molecule has 0 aliphatic heterocycles. The van der Waals surface area contributed by atoms with Crippen LogP contribution in [0.25, 0.3) is 0 Å². The third-order valence-electron chi connectivity index (χ3n) is 2.35. The maximum atomic E-state index is 10.8. The Bertz CT molecular complexity index is 408. The number of carboxylic acids is 1. The van der Waals surface area contributed by atoms with Gasteiger partial charge >= 0.3 is 5.97 Å². The third-order valence-corrected chi connectivity index (χ3v) is 3.42. The fourth-order valence-corrected chi connectivity index (χ4v) is 2.81. The average Bonchev–Trinajstić information content (AvgIpc) is 2.60. The number of hydrogen-bond acceptors (Lipinski definition) is 4. The van der Waals surface area contributed by atoms with Crippen molar-refractivity contribution in [2.75, 3.05) is 0 Å². The van der Waals surface area contributed by atoms with Crippen LogP contribution in [-0.2, 0) is 6.42 Å². The fourth-order valence-electron chi connectivity index (χ4n) is 1.69. The van der Waals surface area contributed by atoms with Crippen molar-refractivity contribution in [1.29, 1.82) is 0 Å². The molecule has 1 aliphatic rings. The molecule has 0 saturated carbocycles. The Morgan fingerprint density at radius 2 is 2.29 bits per heavy atom. The summed E-state index contributed by atoms with van der Waals surface area (Å²) >= 11 is 1.34. The number of rotatable bonds is 1. The van der Waals surface area contributed by atoms with Crippen LogP contribution >= 0.6 is 11.3 Å². The number of carbonyl (C=O) groups is 1. The van der Waals surface area contributed by atoms with Gasteiger partial charge in [0, 0.05) is 5.38 Å². The van der Waals surface area contributed by atoms with Gasteiger partial charge < -0.3 is 10.3 Å². The summed E-state index contributed by atoms with van der Waals surface area (Å²) in [5.74, 6) is -0.901. The van der Waals surface area contributed by atoms with Crippen LogP contribution in [0.15, 0.2) is 10.5 Å². The summed E-state index contributed by atoms with van der Waals surface area (Å²) in [6.45, 7) is 0. The molecule has 0 unspecified atom stereocenters. The Kier molecular flexibility index (Phi) is 2.25. The molecule has 2 N–H and O–H groups in total. The third kappa shape index (κ3) is 1.29. The van der Waals surface area contributed by atoms with E-state index < -0.39 is 5.97 Å². The van der Waals surface area contributed by atoms with Gasteiger partial charge in [0.15, 0.2) is 0 Å². The second-order valence-corrected chi connectivity index (χ2v) is 4.04. The monoisotopic (exact) mass is 211 g/mol. The summed E-state index contributed by atoms with van der Waals surface area (Å²) in [4.78, 5) is 11.7. The molecular formula is C9H9NO3S. The summed E-state index contributed by atoms with van der Waals surface area (Å²) in [5, 5.41) is 22.4. The zero-order chi connectivity index (χ0) is 10.1. The van der Waals surface area contributed by atoms with Crippen LogP contribution in [0.3, 0.4) is 0 Å². The van der Waals surface area contributed by atoms with Gasteiger partial charge in [-0.2, -0.15) is 0 Å². The van der Waals surface area contributed by atoms with Crippen molar-refractivity contribution in [2.24, 2.45) is 5.16 Å². The molecule has 0 spiro atoms. The molecule has 1 heterocycles. The van der Waals surface area contributed by atoms with Gasteiger partial charge in [-0.05, 0) is 24.8 Å². The number of carboxylic acid groups (broad SMARTS) is 1. The molecule has 5 heteroatoms. The van der Waals surface area contributed by atoms with Crippen molar-refractivity contribution < 1.29 is 15.1 Å². The lowest BCUT2D eigenvalue weighted by atomic mass is 9.94. The van der Waals surface area contributed by atoms with E-state index in [0.717, 1.165) is 29.7 Å². The van der Waals surface area contributed by atoms with Gasteiger partial charge in [0.1, 0.15) is 0 Å². The van der Waals surface area contributed by atoms with Crippen LogP contribution in [0.5, 0.6) is 0 Å². The molecule has 0 radical (unpaired) electrons. The Hall–Kier alpha value is -1.36. The van der Waals surface area contributed by atoms with E-state index >= 15 is 0 Å². The Labute approximate surface area is 84.5 Å². The Balaban J connectivity index is 2.53. The standard InChI is InChI=1S/C9H9NO3S/c11-9(12)6-4-14-8-5(6)2-1-3-7(8)10-13/h4,13H,1-3H2,(H,11,12). The minimum Gasteiger partial charge on any atom is -0.478 e. The first-order valence-corrected chi connectivity index (χ1v) is 5.17. The first kappa shape index (κ1) is 9.21. The molecular weight excluding hydrogens is 202 g/mol. The van der Waals surface area contributed by atoms with Crippen molar-refractivity contribution in [3.8, 4) is 0 Å². The van der Waals surface area contributed by atoms with Crippen molar-refractivity contribution in [3.05, 3.63) is 21.4 Å². The second-order valence-electron chi connectivity index (χ2n) is 3.16. The van der Waals surface area contributed by atoms with Crippen molar-refractivity contribution in [1.82, 2.24) is 0 Å². The van der Waals surface area contributed by atoms with Crippen LogP contribution in [-0.4, -0.2) is 22.0 Å². The zero-order valence-corrected chi connectivity index (χ0v) is 8.17. The highest BCUT2D eigenvalue weighted by atomic mass is 32.1. The van der Waals surface area contributed by atoms with Gasteiger partial charge in [-0.1, -0.05) is 5.16 Å². The Morgan fingerprint density at radius 3 is 2.93 bits per heavy atom. The molecule has 0 bridgehead atoms. The first-order valence-electron chi connectivity index (χ1n) is 4.29. The molecule has 0 aromatic carbocycles. The number of hydrogen-bond donors (Lipinski definition) is 2. The average molecular weight is 211 g/mol. The van der Waals surface area contributed by atoms with E-state index in [1.165, 1.54) is 11.3 Å². The lowest BCUT2D eigenvalue weighted by molar-refractivity contribution is 0.0696. The molecule has 0 fully saturated rings. The molecule has 1 aromatic heterocycles. The zero-order valence-electron chi connectivity index (χ0n) is 7.36. The minimum absolute atomic E-state index is 0.353. The molecule has 2 rings (SSSR count). The number of oxime groups is 1. The van der Waals surface area contributed by atoms with E-state index in [9.17, 15) is 4.79 Å². The van der Waals surface area contributed by atoms with E-state index in [-0.39, 0.29) is 0 Å². The van der Waals surface area contributed by atoms with Gasteiger partial charge in [0.2, 0.25) is 0 Å². The van der Waals surface area contributed by atoms with E-state index in [1.807, 2.05) is 0 Å². The van der Waals surface area contributed by atoms with Gasteiger partial charge in [-0.3, -0.25) is 0 Å². The van der Waals surface area contributed by atoms with Crippen molar-refractivity contribution in [3.63, 3.8) is 0 Å². The summed E-state index contributed by atoms with van der Waals surface area (Å²) in [7, 11) is 0. The fraction of sp³-hybridized carbons (Fsp3) is 0.333. The first-order chi connectivity index (χ1) is 6.74. The second kappa shape index (κ2) is 3.42. The van der Waals surface area contributed by atoms with Crippen LogP contribution in [0.2, 0.25) is 0 Å². The normalized spacial score (nSPS) is 18.1. The van der Waals surface area contributed by atoms with Crippen LogP contribution < -0.4 is 0 Å².